The molecule has 0 fully saturated rings. The molecule has 0 saturated heterocycles. The molecule has 4 aromatic rings. The van der Waals surface area contributed by atoms with Crippen LogP contribution in [0, 0.1) is 11.6 Å². The molecule has 0 aliphatic heterocycles. The second-order valence-corrected chi connectivity index (χ2v) is 8.97. The van der Waals surface area contributed by atoms with E-state index in [-0.39, 0.29) is 24.2 Å². The molecule has 1 unspecified atom stereocenters. The van der Waals surface area contributed by atoms with Crippen molar-refractivity contribution in [3.8, 4) is 5.75 Å². The van der Waals surface area contributed by atoms with Gasteiger partial charge in [-0.05, 0) is 59.7 Å². The lowest BCUT2D eigenvalue weighted by molar-refractivity contribution is -0.120. The third kappa shape index (κ3) is 6.84. The van der Waals surface area contributed by atoms with Gasteiger partial charge in [0.25, 0.3) is 5.91 Å². The lowest BCUT2D eigenvalue weighted by Crippen LogP contribution is -2.49. The molecule has 3 amide bonds. The van der Waals surface area contributed by atoms with E-state index < -0.39 is 35.4 Å². The maximum atomic E-state index is 13.9. The number of anilines is 1. The van der Waals surface area contributed by atoms with Gasteiger partial charge in [-0.15, -0.1) is 5.10 Å². The van der Waals surface area contributed by atoms with Gasteiger partial charge in [0, 0.05) is 30.8 Å². The molecule has 206 valence electrons. The average molecular weight is 549 g/mol. The van der Waals surface area contributed by atoms with Gasteiger partial charge in [0.1, 0.15) is 23.4 Å². The summed E-state index contributed by atoms with van der Waals surface area (Å²) in [6.07, 6.45) is 1.22. The molecule has 10 nitrogen and oxygen atoms in total. The topological polar surface area (TPSA) is 132 Å². The fourth-order valence-electron chi connectivity index (χ4n) is 4.00. The number of carbonyl (C=O) groups is 3. The summed E-state index contributed by atoms with van der Waals surface area (Å²) in [7, 11) is 3.04. The van der Waals surface area contributed by atoms with Crippen molar-refractivity contribution in [2.45, 2.75) is 19.0 Å². The highest BCUT2D eigenvalue weighted by atomic mass is 19.1. The minimum absolute atomic E-state index is 0.0657. The lowest BCUT2D eigenvalue weighted by atomic mass is 10.0. The number of nitrogens with one attached hydrogen (secondary N) is 1. The molecule has 3 N–H and O–H groups in total. The van der Waals surface area contributed by atoms with E-state index in [4.69, 9.17) is 10.5 Å². The van der Waals surface area contributed by atoms with Crippen molar-refractivity contribution >= 4 is 23.4 Å². The zero-order valence-corrected chi connectivity index (χ0v) is 21.7. The van der Waals surface area contributed by atoms with E-state index in [1.807, 2.05) is 0 Å². The van der Waals surface area contributed by atoms with Crippen LogP contribution < -0.4 is 20.7 Å². The van der Waals surface area contributed by atoms with Crippen LogP contribution in [-0.2, 0) is 17.8 Å². The number of methoxy groups -OCH3 is 1. The molecule has 0 aliphatic carbocycles. The van der Waals surface area contributed by atoms with E-state index in [1.165, 1.54) is 29.9 Å². The van der Waals surface area contributed by atoms with Gasteiger partial charge in [0.05, 0.1) is 19.9 Å². The smallest absolute Gasteiger partial charge is 0.274 e. The number of nitrogens with two attached hydrogens (primary N) is 1. The largest absolute Gasteiger partial charge is 0.497 e. The van der Waals surface area contributed by atoms with Crippen LogP contribution in [-0.4, -0.2) is 52.9 Å². The molecule has 0 bridgehead atoms. The first-order valence-corrected chi connectivity index (χ1v) is 12.1. The average Bonchev–Trinajstić information content (AvgIpc) is 3.40. The number of amides is 3. The second kappa shape index (κ2) is 12.2. The Labute approximate surface area is 228 Å². The van der Waals surface area contributed by atoms with Gasteiger partial charge in [-0.3, -0.25) is 14.4 Å². The summed E-state index contributed by atoms with van der Waals surface area (Å²) in [5, 5.41) is 10.5. The highest BCUT2D eigenvalue weighted by molar-refractivity contribution is 6.01. The molecule has 3 aromatic carbocycles. The first kappa shape index (κ1) is 27.9. The van der Waals surface area contributed by atoms with Crippen molar-refractivity contribution in [3.05, 3.63) is 107 Å². The van der Waals surface area contributed by atoms with Gasteiger partial charge in [-0.2, -0.15) is 0 Å². The van der Waals surface area contributed by atoms with E-state index in [1.54, 1.807) is 48.5 Å². The standard InChI is InChI=1S/C28H26F2N6O4/c1-35(22-7-9-23(40-2)10-8-22)28(39)24(13-18-11-20(29)14-21(30)12-18)32-27(38)25-16-36(34-33-25)15-17-3-5-19(6-4-17)26(31)37/h3-12,14,16,24H,13,15H2,1-2H3,(H2,31,37)(H,32,38). The van der Waals surface area contributed by atoms with Crippen molar-refractivity contribution in [2.24, 2.45) is 5.73 Å². The molecule has 1 aromatic heterocycles. The van der Waals surface area contributed by atoms with Gasteiger partial charge in [0.15, 0.2) is 5.69 Å². The number of hydrogen-bond acceptors (Lipinski definition) is 6. The zero-order valence-electron chi connectivity index (χ0n) is 21.7. The first-order chi connectivity index (χ1) is 19.1. The molecular formula is C28H26F2N6O4. The number of ether oxygens (including phenoxy) is 1. The maximum absolute atomic E-state index is 13.9. The number of hydrogen-bond donors (Lipinski definition) is 2. The van der Waals surface area contributed by atoms with Crippen LogP contribution in [0.4, 0.5) is 14.5 Å². The molecule has 0 radical (unpaired) electrons. The summed E-state index contributed by atoms with van der Waals surface area (Å²) in [5.41, 5.74) is 7.03. The summed E-state index contributed by atoms with van der Waals surface area (Å²) in [4.78, 5) is 39.2. The summed E-state index contributed by atoms with van der Waals surface area (Å²) in [6.45, 7) is 0.254. The maximum Gasteiger partial charge on any atom is 0.274 e. The number of carbonyl (C=O) groups excluding carboxylic acids is 3. The quantitative estimate of drug-likeness (QED) is 0.313. The monoisotopic (exact) mass is 548 g/mol. The first-order valence-electron chi connectivity index (χ1n) is 12.1. The third-order valence-electron chi connectivity index (χ3n) is 6.11. The molecule has 0 aliphatic rings. The summed E-state index contributed by atoms with van der Waals surface area (Å²) < 4.78 is 34.3. The van der Waals surface area contributed by atoms with Crippen LogP contribution in [0.1, 0.15) is 32.0 Å². The van der Waals surface area contributed by atoms with E-state index in [9.17, 15) is 23.2 Å². The van der Waals surface area contributed by atoms with Crippen molar-refractivity contribution in [1.82, 2.24) is 20.3 Å². The fraction of sp³-hybridized carbons (Fsp3) is 0.179. The molecule has 1 heterocycles. The second-order valence-electron chi connectivity index (χ2n) is 8.97. The Kier molecular flexibility index (Phi) is 8.48. The normalized spacial score (nSPS) is 11.5. The van der Waals surface area contributed by atoms with Crippen LogP contribution >= 0.6 is 0 Å². The molecule has 40 heavy (non-hydrogen) atoms. The number of primary amides is 1. The summed E-state index contributed by atoms with van der Waals surface area (Å²) in [6, 6.07) is 15.0. The van der Waals surface area contributed by atoms with E-state index in [2.05, 4.69) is 15.6 Å². The molecule has 0 saturated carbocycles. The minimum Gasteiger partial charge on any atom is -0.497 e. The molecule has 1 atom stereocenters. The fourth-order valence-corrected chi connectivity index (χ4v) is 4.00. The Morgan fingerprint density at radius 3 is 2.25 bits per heavy atom. The number of benzene rings is 3. The molecule has 0 spiro atoms. The van der Waals surface area contributed by atoms with Gasteiger partial charge < -0.3 is 20.7 Å². The van der Waals surface area contributed by atoms with Crippen LogP contribution in [0.3, 0.4) is 0 Å². The molecule has 4 rings (SSSR count). The zero-order chi connectivity index (χ0) is 28.8. The van der Waals surface area contributed by atoms with Gasteiger partial charge in [-0.25, -0.2) is 13.5 Å². The minimum atomic E-state index is -1.19. The number of nitrogens with zero attached hydrogens (tertiary/aromatic N) is 4. The van der Waals surface area contributed by atoms with Gasteiger partial charge >= 0.3 is 0 Å². The Balaban J connectivity index is 1.53. The van der Waals surface area contributed by atoms with E-state index >= 15 is 0 Å². The third-order valence-corrected chi connectivity index (χ3v) is 6.11. The molecular weight excluding hydrogens is 522 g/mol. The Morgan fingerprint density at radius 1 is 1.00 bits per heavy atom. The van der Waals surface area contributed by atoms with E-state index in [0.717, 1.165) is 23.8 Å². The number of halogens is 2. The van der Waals surface area contributed by atoms with Crippen molar-refractivity contribution in [3.63, 3.8) is 0 Å². The Morgan fingerprint density at radius 2 is 1.65 bits per heavy atom. The SMILES string of the molecule is COc1ccc(N(C)C(=O)C(Cc2cc(F)cc(F)c2)NC(=O)c2cn(Cc3ccc(C(N)=O)cc3)nn2)cc1. The predicted molar refractivity (Wildman–Crippen MR) is 142 cm³/mol. The van der Waals surface area contributed by atoms with Crippen molar-refractivity contribution < 1.29 is 27.9 Å². The summed E-state index contributed by atoms with van der Waals surface area (Å²) in [5.74, 6) is -2.78. The van der Waals surface area contributed by atoms with E-state index in [0.29, 0.717) is 17.0 Å². The van der Waals surface area contributed by atoms with Crippen LogP contribution in [0.25, 0.3) is 0 Å². The van der Waals surface area contributed by atoms with Crippen LogP contribution in [0.5, 0.6) is 5.75 Å². The predicted octanol–water partition coefficient (Wildman–Crippen LogP) is 2.72. The highest BCUT2D eigenvalue weighted by Gasteiger charge is 2.27. The number of likely N-dealkylation sites (N-methyl/N-ethyl adjacent to an activating group) is 1. The highest BCUT2D eigenvalue weighted by Crippen LogP contribution is 2.20. The lowest BCUT2D eigenvalue weighted by Gasteiger charge is -2.25. The van der Waals surface area contributed by atoms with Crippen molar-refractivity contribution in [1.29, 1.82) is 0 Å². The number of aromatic nitrogens is 3. The molecule has 12 heteroatoms. The Bertz CT molecular complexity index is 1500. The number of rotatable bonds is 10. The van der Waals surface area contributed by atoms with Gasteiger partial charge in [-0.1, -0.05) is 17.3 Å². The Hall–Kier alpha value is -5.13. The van der Waals surface area contributed by atoms with Crippen LogP contribution in [0.2, 0.25) is 0 Å². The summed E-state index contributed by atoms with van der Waals surface area (Å²) >= 11 is 0. The van der Waals surface area contributed by atoms with Crippen LogP contribution in [0.15, 0.2) is 72.9 Å². The van der Waals surface area contributed by atoms with Gasteiger partial charge in [0.2, 0.25) is 11.8 Å². The van der Waals surface area contributed by atoms with Crippen molar-refractivity contribution in [2.75, 3.05) is 19.1 Å².